The van der Waals surface area contributed by atoms with Gasteiger partial charge in [0.2, 0.25) is 0 Å². The van der Waals surface area contributed by atoms with Crippen LogP contribution in [0.1, 0.15) is 51.4 Å². The molecule has 1 aliphatic carbocycles. The fourth-order valence-electron chi connectivity index (χ4n) is 3.33. The van der Waals surface area contributed by atoms with Gasteiger partial charge in [-0.1, -0.05) is 19.3 Å². The molecule has 0 bridgehead atoms. The fourth-order valence-corrected chi connectivity index (χ4v) is 3.33. The minimum Gasteiger partial charge on any atom is -0.388 e. The Bertz CT molecular complexity index is 234. The standard InChI is InChI=1S/C13H25N3/c14-12(15)4-9-16-10-7-13(8-11-16)5-2-1-3-6-13/h1-11H2,(H3,14,15). The lowest BCUT2D eigenvalue weighted by molar-refractivity contribution is 0.0692. The summed E-state index contributed by atoms with van der Waals surface area (Å²) < 4.78 is 0. The highest BCUT2D eigenvalue weighted by Crippen LogP contribution is 2.44. The largest absolute Gasteiger partial charge is 0.388 e. The Labute approximate surface area is 98.9 Å². The van der Waals surface area contributed by atoms with Gasteiger partial charge >= 0.3 is 0 Å². The number of hydrogen-bond donors (Lipinski definition) is 2. The van der Waals surface area contributed by atoms with Gasteiger partial charge < -0.3 is 10.6 Å². The van der Waals surface area contributed by atoms with Crippen LogP contribution in [-0.4, -0.2) is 30.4 Å². The van der Waals surface area contributed by atoms with Gasteiger partial charge in [-0.3, -0.25) is 5.41 Å². The Morgan fingerprint density at radius 1 is 1.06 bits per heavy atom. The number of likely N-dealkylation sites (tertiary alicyclic amines) is 1. The second-order valence-electron chi connectivity index (χ2n) is 5.68. The first-order valence-corrected chi connectivity index (χ1v) is 6.76. The average Bonchev–Trinajstić information content (AvgIpc) is 2.29. The maximum absolute atomic E-state index is 7.25. The third kappa shape index (κ3) is 2.97. The number of rotatable bonds is 3. The van der Waals surface area contributed by atoms with Gasteiger partial charge in [0.1, 0.15) is 0 Å². The normalized spacial score (nSPS) is 25.8. The van der Waals surface area contributed by atoms with Crippen LogP contribution in [0.3, 0.4) is 0 Å². The van der Waals surface area contributed by atoms with E-state index >= 15 is 0 Å². The Balaban J connectivity index is 1.75. The topological polar surface area (TPSA) is 53.1 Å². The lowest BCUT2D eigenvalue weighted by Crippen LogP contribution is -2.42. The minimum atomic E-state index is 0.331. The van der Waals surface area contributed by atoms with Gasteiger partial charge in [-0.2, -0.15) is 0 Å². The minimum absolute atomic E-state index is 0.331. The summed E-state index contributed by atoms with van der Waals surface area (Å²) in [7, 11) is 0. The molecule has 0 aromatic carbocycles. The zero-order valence-corrected chi connectivity index (χ0v) is 10.3. The highest BCUT2D eigenvalue weighted by atomic mass is 15.1. The quantitative estimate of drug-likeness (QED) is 0.570. The molecule has 3 nitrogen and oxygen atoms in total. The van der Waals surface area contributed by atoms with Crippen molar-refractivity contribution in [2.24, 2.45) is 11.1 Å². The third-order valence-corrected chi connectivity index (χ3v) is 4.53. The first-order valence-electron chi connectivity index (χ1n) is 6.76. The summed E-state index contributed by atoms with van der Waals surface area (Å²) in [6.07, 6.45) is 10.8. The molecule has 1 saturated heterocycles. The number of nitrogens with zero attached hydrogens (tertiary/aromatic N) is 1. The molecule has 16 heavy (non-hydrogen) atoms. The summed E-state index contributed by atoms with van der Waals surface area (Å²) in [6.45, 7) is 3.45. The zero-order valence-electron chi connectivity index (χ0n) is 10.3. The van der Waals surface area contributed by atoms with Crippen molar-refractivity contribution in [3.8, 4) is 0 Å². The van der Waals surface area contributed by atoms with Crippen LogP contribution < -0.4 is 5.73 Å². The van der Waals surface area contributed by atoms with Crippen molar-refractivity contribution in [1.29, 1.82) is 5.41 Å². The van der Waals surface area contributed by atoms with E-state index in [1.807, 2.05) is 0 Å². The molecule has 1 aliphatic heterocycles. The van der Waals surface area contributed by atoms with Crippen LogP contribution in [0.2, 0.25) is 0 Å². The Morgan fingerprint density at radius 2 is 1.69 bits per heavy atom. The summed E-state index contributed by atoms with van der Waals surface area (Å²) in [4.78, 5) is 2.49. The summed E-state index contributed by atoms with van der Waals surface area (Å²) in [5.74, 6) is 0.331. The van der Waals surface area contributed by atoms with Crippen LogP contribution in [-0.2, 0) is 0 Å². The molecule has 1 spiro atoms. The number of nitrogens with one attached hydrogen (secondary N) is 1. The predicted molar refractivity (Wildman–Crippen MR) is 67.7 cm³/mol. The monoisotopic (exact) mass is 223 g/mol. The molecule has 0 unspecified atom stereocenters. The summed E-state index contributed by atoms with van der Waals surface area (Å²) in [5.41, 5.74) is 6.10. The molecule has 0 amide bonds. The molecule has 1 heterocycles. The second-order valence-corrected chi connectivity index (χ2v) is 5.68. The van der Waals surface area contributed by atoms with Gasteiger partial charge in [0.25, 0.3) is 0 Å². The van der Waals surface area contributed by atoms with Gasteiger partial charge in [0.05, 0.1) is 5.84 Å². The van der Waals surface area contributed by atoms with Crippen LogP contribution in [0.25, 0.3) is 0 Å². The van der Waals surface area contributed by atoms with Crippen molar-refractivity contribution in [3.05, 3.63) is 0 Å². The van der Waals surface area contributed by atoms with Gasteiger partial charge in [-0.15, -0.1) is 0 Å². The lowest BCUT2D eigenvalue weighted by atomic mass is 9.68. The summed E-state index contributed by atoms with van der Waals surface area (Å²) >= 11 is 0. The Hall–Kier alpha value is -0.570. The lowest BCUT2D eigenvalue weighted by Gasteiger charge is -2.44. The molecule has 2 fully saturated rings. The predicted octanol–water partition coefficient (Wildman–Crippen LogP) is 2.36. The molecule has 3 N–H and O–H groups in total. The molecule has 0 radical (unpaired) electrons. The van der Waals surface area contributed by atoms with Gasteiger partial charge in [0, 0.05) is 13.0 Å². The van der Waals surface area contributed by atoms with Crippen molar-refractivity contribution < 1.29 is 0 Å². The molecule has 2 rings (SSSR count). The zero-order chi connectivity index (χ0) is 11.4. The number of piperidine rings is 1. The summed E-state index contributed by atoms with van der Waals surface area (Å²) in [6, 6.07) is 0. The smallest absolute Gasteiger partial charge is 0.0918 e. The van der Waals surface area contributed by atoms with Crippen molar-refractivity contribution in [3.63, 3.8) is 0 Å². The van der Waals surface area contributed by atoms with E-state index in [9.17, 15) is 0 Å². The van der Waals surface area contributed by atoms with E-state index in [4.69, 9.17) is 11.1 Å². The maximum Gasteiger partial charge on any atom is 0.0918 e. The molecular formula is C13H25N3. The van der Waals surface area contributed by atoms with Gasteiger partial charge in [-0.25, -0.2) is 0 Å². The van der Waals surface area contributed by atoms with Crippen molar-refractivity contribution in [2.45, 2.75) is 51.4 Å². The van der Waals surface area contributed by atoms with Crippen LogP contribution in [0.15, 0.2) is 0 Å². The van der Waals surface area contributed by atoms with E-state index < -0.39 is 0 Å². The second kappa shape index (κ2) is 5.17. The molecule has 1 saturated carbocycles. The molecule has 92 valence electrons. The fraction of sp³-hybridized carbons (Fsp3) is 0.923. The van der Waals surface area contributed by atoms with Crippen molar-refractivity contribution in [1.82, 2.24) is 4.90 Å². The molecular weight excluding hydrogens is 198 g/mol. The molecule has 3 heteroatoms. The first-order chi connectivity index (χ1) is 7.70. The van der Waals surface area contributed by atoms with E-state index in [-0.39, 0.29) is 0 Å². The van der Waals surface area contributed by atoms with Crippen molar-refractivity contribution in [2.75, 3.05) is 19.6 Å². The Morgan fingerprint density at radius 3 is 2.25 bits per heavy atom. The Kier molecular flexibility index (Phi) is 3.85. The molecule has 0 atom stereocenters. The van der Waals surface area contributed by atoms with E-state index in [1.165, 1.54) is 58.0 Å². The van der Waals surface area contributed by atoms with Gasteiger partial charge in [0.15, 0.2) is 0 Å². The highest BCUT2D eigenvalue weighted by Gasteiger charge is 2.35. The number of nitrogens with two attached hydrogens (primary N) is 1. The number of amidine groups is 1. The van der Waals surface area contributed by atoms with E-state index in [2.05, 4.69) is 4.90 Å². The first kappa shape index (κ1) is 11.9. The number of hydrogen-bond acceptors (Lipinski definition) is 2. The van der Waals surface area contributed by atoms with Crippen LogP contribution in [0.4, 0.5) is 0 Å². The average molecular weight is 223 g/mol. The van der Waals surface area contributed by atoms with E-state index in [0.29, 0.717) is 11.3 Å². The maximum atomic E-state index is 7.25. The molecule has 2 aliphatic rings. The summed E-state index contributed by atoms with van der Waals surface area (Å²) in [5, 5.41) is 7.25. The van der Waals surface area contributed by atoms with Crippen molar-refractivity contribution >= 4 is 5.84 Å². The van der Waals surface area contributed by atoms with E-state index in [1.54, 1.807) is 0 Å². The SMILES string of the molecule is N=C(N)CCN1CCC2(CCCCC2)CC1. The van der Waals surface area contributed by atoms with E-state index in [0.717, 1.165) is 13.0 Å². The molecule has 0 aromatic heterocycles. The van der Waals surface area contributed by atoms with Crippen LogP contribution >= 0.6 is 0 Å². The molecule has 0 aromatic rings. The highest BCUT2D eigenvalue weighted by molar-refractivity contribution is 5.76. The van der Waals surface area contributed by atoms with Crippen LogP contribution in [0, 0.1) is 10.8 Å². The van der Waals surface area contributed by atoms with Gasteiger partial charge in [-0.05, 0) is 44.2 Å². The van der Waals surface area contributed by atoms with Crippen LogP contribution in [0.5, 0.6) is 0 Å². The third-order valence-electron chi connectivity index (χ3n) is 4.53.